The molecule has 5 nitrogen and oxygen atoms in total. The van der Waals surface area contributed by atoms with E-state index in [1.165, 1.54) is 6.07 Å². The molecule has 1 aromatic rings. The zero-order valence-electron chi connectivity index (χ0n) is 17.8. The second-order valence-corrected chi connectivity index (χ2v) is 8.93. The lowest BCUT2D eigenvalue weighted by Gasteiger charge is -2.34. The molecule has 5 heteroatoms. The molecular weight excluding hydrogens is 376 g/mol. The van der Waals surface area contributed by atoms with Crippen LogP contribution in [0, 0.1) is 5.92 Å². The SMILES string of the molecule is C=C(/C=C\C=C/C)CN1CCC(CCN2C(=O)c3cc(O)c(O)cc3C23CC3)CC1. The lowest BCUT2D eigenvalue weighted by atomic mass is 9.92. The molecular formula is C25H32N2O3. The van der Waals surface area contributed by atoms with Crippen molar-refractivity contribution in [2.24, 2.45) is 5.92 Å². The summed E-state index contributed by atoms with van der Waals surface area (Å²) in [6.45, 7) is 9.96. The Morgan fingerprint density at radius 3 is 2.57 bits per heavy atom. The van der Waals surface area contributed by atoms with Gasteiger partial charge >= 0.3 is 0 Å². The van der Waals surface area contributed by atoms with Gasteiger partial charge in [-0.25, -0.2) is 0 Å². The Morgan fingerprint density at radius 2 is 1.90 bits per heavy atom. The lowest BCUT2D eigenvalue weighted by molar-refractivity contribution is 0.0674. The van der Waals surface area contributed by atoms with Gasteiger partial charge in [0, 0.05) is 18.7 Å². The van der Waals surface area contributed by atoms with Crippen molar-refractivity contribution in [2.45, 2.75) is 44.6 Å². The molecule has 30 heavy (non-hydrogen) atoms. The highest BCUT2D eigenvalue weighted by Crippen LogP contribution is 2.58. The molecule has 0 radical (unpaired) electrons. The minimum absolute atomic E-state index is 0.000508. The summed E-state index contributed by atoms with van der Waals surface area (Å²) in [4.78, 5) is 17.4. The molecule has 1 aliphatic carbocycles. The van der Waals surface area contributed by atoms with E-state index in [4.69, 9.17) is 0 Å². The summed E-state index contributed by atoms with van der Waals surface area (Å²) in [6.07, 6.45) is 13.3. The predicted octanol–water partition coefficient (Wildman–Crippen LogP) is 4.33. The number of piperidine rings is 1. The summed E-state index contributed by atoms with van der Waals surface area (Å²) in [6, 6.07) is 3.02. The molecule has 0 unspecified atom stereocenters. The quantitative estimate of drug-likeness (QED) is 0.521. The van der Waals surface area contributed by atoms with Crippen LogP contribution in [0.5, 0.6) is 11.5 Å². The maximum absolute atomic E-state index is 13.0. The van der Waals surface area contributed by atoms with Crippen molar-refractivity contribution in [1.82, 2.24) is 9.80 Å². The number of nitrogens with zero attached hydrogens (tertiary/aromatic N) is 2. The largest absolute Gasteiger partial charge is 0.504 e. The van der Waals surface area contributed by atoms with Gasteiger partial charge in [0.2, 0.25) is 0 Å². The highest BCUT2D eigenvalue weighted by Gasteiger charge is 2.57. The Hall–Kier alpha value is -2.53. The van der Waals surface area contributed by atoms with Gasteiger partial charge in [-0.05, 0) is 81.3 Å². The highest BCUT2D eigenvalue weighted by molar-refractivity contribution is 6.01. The number of fused-ring (bicyclic) bond motifs is 2. The van der Waals surface area contributed by atoms with Crippen LogP contribution in [0.3, 0.4) is 0 Å². The average Bonchev–Trinajstić information content (AvgIpc) is 3.49. The molecule has 0 bridgehead atoms. The summed E-state index contributed by atoms with van der Waals surface area (Å²) in [5.74, 6) is 0.278. The summed E-state index contributed by atoms with van der Waals surface area (Å²) in [5.41, 5.74) is 2.34. The molecule has 4 rings (SSSR count). The molecule has 1 aromatic carbocycles. The van der Waals surface area contributed by atoms with Crippen molar-refractivity contribution >= 4 is 5.91 Å². The van der Waals surface area contributed by atoms with Crippen molar-refractivity contribution in [2.75, 3.05) is 26.2 Å². The van der Waals surface area contributed by atoms with E-state index < -0.39 is 0 Å². The molecule has 1 amide bonds. The molecule has 0 aromatic heterocycles. The molecule has 3 aliphatic rings. The number of amides is 1. The van der Waals surface area contributed by atoms with E-state index in [2.05, 4.69) is 17.6 Å². The Morgan fingerprint density at radius 1 is 1.20 bits per heavy atom. The number of aromatic hydroxyl groups is 2. The number of hydrogen-bond acceptors (Lipinski definition) is 4. The number of rotatable bonds is 7. The van der Waals surface area contributed by atoms with E-state index in [-0.39, 0.29) is 22.9 Å². The van der Waals surface area contributed by atoms with Crippen LogP contribution >= 0.6 is 0 Å². The van der Waals surface area contributed by atoms with Gasteiger partial charge in [-0.3, -0.25) is 9.69 Å². The van der Waals surface area contributed by atoms with Crippen molar-refractivity contribution in [3.63, 3.8) is 0 Å². The van der Waals surface area contributed by atoms with Crippen LogP contribution in [0.1, 0.15) is 54.9 Å². The first kappa shape index (κ1) is 20.7. The number of benzene rings is 1. The van der Waals surface area contributed by atoms with Crippen LogP contribution in [0.15, 0.2) is 48.6 Å². The van der Waals surface area contributed by atoms with Crippen LogP contribution in [0.4, 0.5) is 0 Å². The van der Waals surface area contributed by atoms with Crippen LogP contribution < -0.4 is 0 Å². The van der Waals surface area contributed by atoms with Gasteiger partial charge in [-0.15, -0.1) is 0 Å². The lowest BCUT2D eigenvalue weighted by Crippen LogP contribution is -2.38. The monoisotopic (exact) mass is 408 g/mol. The van der Waals surface area contributed by atoms with Gasteiger partial charge in [-0.1, -0.05) is 30.9 Å². The number of likely N-dealkylation sites (tertiary alicyclic amines) is 1. The van der Waals surface area contributed by atoms with Gasteiger partial charge < -0.3 is 15.1 Å². The normalized spacial score (nSPS) is 21.2. The fourth-order valence-corrected chi connectivity index (χ4v) is 4.98. The first-order chi connectivity index (χ1) is 14.4. The molecule has 160 valence electrons. The minimum atomic E-state index is -0.241. The number of carbonyl (C=O) groups excluding carboxylic acids is 1. The second kappa shape index (κ2) is 8.31. The first-order valence-corrected chi connectivity index (χ1v) is 11.0. The molecule has 2 heterocycles. The number of allylic oxidation sites excluding steroid dienone is 3. The van der Waals surface area contributed by atoms with Crippen molar-refractivity contribution in [3.8, 4) is 11.5 Å². The minimum Gasteiger partial charge on any atom is -0.504 e. The van der Waals surface area contributed by atoms with Crippen LogP contribution in [-0.2, 0) is 5.54 Å². The zero-order chi connectivity index (χ0) is 21.3. The third kappa shape index (κ3) is 3.91. The number of phenols is 2. The molecule has 2 N–H and O–H groups in total. The molecule has 2 aliphatic heterocycles. The third-order valence-corrected chi connectivity index (χ3v) is 6.86. The topological polar surface area (TPSA) is 64.0 Å². The van der Waals surface area contributed by atoms with E-state index >= 15 is 0 Å². The van der Waals surface area contributed by atoms with Crippen molar-refractivity contribution < 1.29 is 15.0 Å². The first-order valence-electron chi connectivity index (χ1n) is 11.0. The van der Waals surface area contributed by atoms with E-state index in [0.717, 1.165) is 69.4 Å². The van der Waals surface area contributed by atoms with Crippen LogP contribution in [0.2, 0.25) is 0 Å². The second-order valence-electron chi connectivity index (χ2n) is 8.93. The highest BCUT2D eigenvalue weighted by atomic mass is 16.3. The molecule has 2 fully saturated rings. The maximum Gasteiger partial charge on any atom is 0.255 e. The van der Waals surface area contributed by atoms with Crippen molar-refractivity contribution in [1.29, 1.82) is 0 Å². The molecule has 1 spiro atoms. The fourth-order valence-electron chi connectivity index (χ4n) is 4.98. The molecule has 0 atom stereocenters. The predicted molar refractivity (Wildman–Crippen MR) is 119 cm³/mol. The van der Waals surface area contributed by atoms with Crippen LogP contribution in [-0.4, -0.2) is 52.1 Å². The average molecular weight is 409 g/mol. The smallest absolute Gasteiger partial charge is 0.255 e. The number of phenolic OH excluding ortho intramolecular Hbond substituents is 2. The van der Waals surface area contributed by atoms with Gasteiger partial charge in [0.05, 0.1) is 5.54 Å². The number of carbonyl (C=O) groups is 1. The van der Waals surface area contributed by atoms with Crippen molar-refractivity contribution in [3.05, 3.63) is 59.7 Å². The molecule has 1 saturated heterocycles. The number of hydrogen-bond donors (Lipinski definition) is 2. The van der Waals surface area contributed by atoms with Gasteiger partial charge in [0.25, 0.3) is 5.91 Å². The van der Waals surface area contributed by atoms with E-state index in [0.29, 0.717) is 11.5 Å². The summed E-state index contributed by atoms with van der Waals surface area (Å²) < 4.78 is 0. The molecule has 1 saturated carbocycles. The standard InChI is InChI=1S/C25H32N2O3/c1-3-4-5-6-18(2)17-26-12-7-19(8-13-26)9-14-27-24(30)20-15-22(28)23(29)16-21(20)25(27)10-11-25/h3-6,15-16,19,28-29H,2,7-14,17H2,1H3/b4-3-,6-5-. The van der Waals surface area contributed by atoms with Crippen LogP contribution in [0.25, 0.3) is 0 Å². The van der Waals surface area contributed by atoms with Gasteiger partial charge in [0.1, 0.15) is 0 Å². The van der Waals surface area contributed by atoms with Gasteiger partial charge in [-0.2, -0.15) is 0 Å². The summed E-state index contributed by atoms with van der Waals surface area (Å²) >= 11 is 0. The fraction of sp³-hybridized carbons (Fsp3) is 0.480. The Balaban J connectivity index is 1.29. The summed E-state index contributed by atoms with van der Waals surface area (Å²) in [5, 5.41) is 19.7. The third-order valence-electron chi connectivity index (χ3n) is 6.86. The summed E-state index contributed by atoms with van der Waals surface area (Å²) in [7, 11) is 0. The Labute approximate surface area is 179 Å². The van der Waals surface area contributed by atoms with E-state index in [1.807, 2.05) is 30.1 Å². The Kier molecular flexibility index (Phi) is 5.74. The maximum atomic E-state index is 13.0. The van der Waals surface area contributed by atoms with Gasteiger partial charge in [0.15, 0.2) is 11.5 Å². The Bertz CT molecular complexity index is 890. The zero-order valence-corrected chi connectivity index (χ0v) is 17.8. The van der Waals surface area contributed by atoms with E-state index in [1.54, 1.807) is 6.07 Å². The van der Waals surface area contributed by atoms with E-state index in [9.17, 15) is 15.0 Å².